The summed E-state index contributed by atoms with van der Waals surface area (Å²) in [5.41, 5.74) is 1.79. The highest BCUT2D eigenvalue weighted by molar-refractivity contribution is 5.18. The average Bonchev–Trinajstić information content (AvgIpc) is 2.08. The minimum atomic E-state index is 1.04. The Morgan fingerprint density at radius 3 is 2.90 bits per heavy atom. The molecule has 2 aliphatic rings. The monoisotopic (exact) mass is 136 g/mol. The van der Waals surface area contributed by atoms with Crippen molar-refractivity contribution in [1.29, 1.82) is 0 Å². The van der Waals surface area contributed by atoms with E-state index in [1.54, 1.807) is 5.57 Å². The zero-order chi connectivity index (χ0) is 6.97. The van der Waals surface area contributed by atoms with E-state index in [2.05, 4.69) is 13.0 Å². The predicted octanol–water partition coefficient (Wildman–Crippen LogP) is 3.14. The van der Waals surface area contributed by atoms with Crippen LogP contribution in [-0.4, -0.2) is 0 Å². The highest BCUT2D eigenvalue weighted by atomic mass is 14.4. The first-order valence-electron chi connectivity index (χ1n) is 4.60. The molecular weight excluding hydrogens is 120 g/mol. The van der Waals surface area contributed by atoms with E-state index in [9.17, 15) is 0 Å². The zero-order valence-electron chi connectivity index (χ0n) is 6.77. The standard InChI is InChI=1S/C10H16/c1-2-3-8-4-5-9-6-7-10(8)9/h4,9-10H,2-3,5-7H2,1H3. The van der Waals surface area contributed by atoms with E-state index in [1.807, 2.05) is 0 Å². The molecule has 0 saturated heterocycles. The van der Waals surface area contributed by atoms with Crippen molar-refractivity contribution < 1.29 is 0 Å². The van der Waals surface area contributed by atoms with Gasteiger partial charge in [-0.1, -0.05) is 25.0 Å². The van der Waals surface area contributed by atoms with E-state index in [4.69, 9.17) is 0 Å². The molecule has 0 nitrogen and oxygen atoms in total. The van der Waals surface area contributed by atoms with Gasteiger partial charge in [-0.2, -0.15) is 0 Å². The van der Waals surface area contributed by atoms with Crippen LogP contribution in [0.2, 0.25) is 0 Å². The Morgan fingerprint density at radius 2 is 2.40 bits per heavy atom. The van der Waals surface area contributed by atoms with Crippen LogP contribution < -0.4 is 0 Å². The summed E-state index contributed by atoms with van der Waals surface area (Å²) in [5.74, 6) is 2.13. The Kier molecular flexibility index (Phi) is 1.55. The molecular formula is C10H16. The molecule has 56 valence electrons. The van der Waals surface area contributed by atoms with E-state index in [1.165, 1.54) is 32.1 Å². The van der Waals surface area contributed by atoms with Gasteiger partial charge in [0.1, 0.15) is 0 Å². The minimum absolute atomic E-state index is 1.04. The lowest BCUT2D eigenvalue weighted by atomic mass is 9.72. The van der Waals surface area contributed by atoms with Crippen LogP contribution in [0.25, 0.3) is 0 Å². The molecule has 1 fully saturated rings. The first-order chi connectivity index (χ1) is 4.92. The van der Waals surface area contributed by atoms with Crippen LogP contribution in [-0.2, 0) is 0 Å². The normalized spacial score (nSPS) is 36.7. The van der Waals surface area contributed by atoms with E-state index in [0.717, 1.165) is 11.8 Å². The van der Waals surface area contributed by atoms with Crippen molar-refractivity contribution in [2.45, 2.75) is 39.0 Å². The van der Waals surface area contributed by atoms with Gasteiger partial charge in [-0.05, 0) is 37.5 Å². The third kappa shape index (κ3) is 0.817. The summed E-state index contributed by atoms with van der Waals surface area (Å²) >= 11 is 0. The SMILES string of the molecule is CCCC1=CCC2CCC12. The van der Waals surface area contributed by atoms with Crippen molar-refractivity contribution >= 4 is 0 Å². The topological polar surface area (TPSA) is 0 Å². The highest BCUT2D eigenvalue weighted by Crippen LogP contribution is 2.48. The van der Waals surface area contributed by atoms with Crippen LogP contribution in [0.1, 0.15) is 39.0 Å². The summed E-state index contributed by atoms with van der Waals surface area (Å²) in [5, 5.41) is 0. The van der Waals surface area contributed by atoms with Crippen molar-refractivity contribution in [3.05, 3.63) is 11.6 Å². The van der Waals surface area contributed by atoms with Crippen molar-refractivity contribution in [3.63, 3.8) is 0 Å². The Labute approximate surface area is 63.3 Å². The summed E-state index contributed by atoms with van der Waals surface area (Å²) in [6.07, 6.45) is 9.63. The molecule has 0 heterocycles. The van der Waals surface area contributed by atoms with Gasteiger partial charge in [0.05, 0.1) is 0 Å². The van der Waals surface area contributed by atoms with Gasteiger partial charge in [-0.15, -0.1) is 0 Å². The van der Waals surface area contributed by atoms with Crippen molar-refractivity contribution in [3.8, 4) is 0 Å². The summed E-state index contributed by atoms with van der Waals surface area (Å²) in [6.45, 7) is 2.28. The van der Waals surface area contributed by atoms with Gasteiger partial charge in [0, 0.05) is 0 Å². The molecule has 0 aromatic carbocycles. The molecule has 2 unspecified atom stereocenters. The van der Waals surface area contributed by atoms with Crippen LogP contribution in [0, 0.1) is 11.8 Å². The third-order valence-electron chi connectivity index (χ3n) is 3.12. The van der Waals surface area contributed by atoms with Crippen LogP contribution in [0.15, 0.2) is 11.6 Å². The number of hydrogen-bond donors (Lipinski definition) is 0. The summed E-state index contributed by atoms with van der Waals surface area (Å²) in [7, 11) is 0. The van der Waals surface area contributed by atoms with Crippen LogP contribution in [0.4, 0.5) is 0 Å². The first-order valence-corrected chi connectivity index (χ1v) is 4.60. The van der Waals surface area contributed by atoms with E-state index in [0.29, 0.717) is 0 Å². The van der Waals surface area contributed by atoms with Gasteiger partial charge in [0.2, 0.25) is 0 Å². The fourth-order valence-corrected chi connectivity index (χ4v) is 2.37. The predicted molar refractivity (Wildman–Crippen MR) is 43.8 cm³/mol. The fraction of sp³-hybridized carbons (Fsp3) is 0.800. The lowest BCUT2D eigenvalue weighted by Gasteiger charge is -2.32. The molecule has 0 bridgehead atoms. The van der Waals surface area contributed by atoms with Crippen molar-refractivity contribution in [2.24, 2.45) is 11.8 Å². The molecule has 0 aromatic heterocycles. The summed E-state index contributed by atoms with van der Waals surface area (Å²) in [4.78, 5) is 0. The van der Waals surface area contributed by atoms with E-state index >= 15 is 0 Å². The Hall–Kier alpha value is -0.260. The van der Waals surface area contributed by atoms with Crippen LogP contribution in [0.3, 0.4) is 0 Å². The Balaban J connectivity index is 1.96. The lowest BCUT2D eigenvalue weighted by molar-refractivity contribution is 0.234. The van der Waals surface area contributed by atoms with Gasteiger partial charge in [-0.3, -0.25) is 0 Å². The van der Waals surface area contributed by atoms with Crippen LogP contribution >= 0.6 is 0 Å². The second kappa shape index (κ2) is 2.41. The maximum Gasteiger partial charge on any atom is -0.0172 e. The lowest BCUT2D eigenvalue weighted by Crippen LogP contribution is -2.22. The second-order valence-electron chi connectivity index (χ2n) is 3.71. The quantitative estimate of drug-likeness (QED) is 0.511. The van der Waals surface area contributed by atoms with Crippen LogP contribution in [0.5, 0.6) is 0 Å². The fourth-order valence-electron chi connectivity index (χ4n) is 2.37. The van der Waals surface area contributed by atoms with E-state index < -0.39 is 0 Å². The molecule has 0 heteroatoms. The number of rotatable bonds is 2. The summed E-state index contributed by atoms with van der Waals surface area (Å²) in [6, 6.07) is 0. The van der Waals surface area contributed by atoms with Gasteiger partial charge >= 0.3 is 0 Å². The highest BCUT2D eigenvalue weighted by Gasteiger charge is 2.35. The maximum atomic E-state index is 2.51. The molecule has 0 aliphatic heterocycles. The largest absolute Gasteiger partial charge is 0.0847 e. The molecule has 1 saturated carbocycles. The molecule has 2 atom stereocenters. The van der Waals surface area contributed by atoms with Gasteiger partial charge in [0.25, 0.3) is 0 Å². The molecule has 10 heavy (non-hydrogen) atoms. The van der Waals surface area contributed by atoms with E-state index in [-0.39, 0.29) is 0 Å². The maximum absolute atomic E-state index is 2.51. The van der Waals surface area contributed by atoms with Crippen molar-refractivity contribution in [2.75, 3.05) is 0 Å². The van der Waals surface area contributed by atoms with Gasteiger partial charge in [-0.25, -0.2) is 0 Å². The average molecular weight is 136 g/mol. The molecule has 2 rings (SSSR count). The van der Waals surface area contributed by atoms with Crippen molar-refractivity contribution in [1.82, 2.24) is 0 Å². The van der Waals surface area contributed by atoms with Gasteiger partial charge < -0.3 is 0 Å². The Bertz CT molecular complexity index is 155. The van der Waals surface area contributed by atoms with Gasteiger partial charge in [0.15, 0.2) is 0 Å². The first kappa shape index (κ1) is 6.45. The summed E-state index contributed by atoms with van der Waals surface area (Å²) < 4.78 is 0. The molecule has 0 aromatic rings. The molecule has 0 radical (unpaired) electrons. The minimum Gasteiger partial charge on any atom is -0.0847 e. The zero-order valence-corrected chi connectivity index (χ0v) is 6.77. The number of fused-ring (bicyclic) bond motifs is 1. The second-order valence-corrected chi connectivity index (χ2v) is 3.71. The molecule has 0 amide bonds. The third-order valence-corrected chi connectivity index (χ3v) is 3.12. The number of allylic oxidation sites excluding steroid dienone is 2. The molecule has 2 aliphatic carbocycles. The molecule has 0 spiro atoms. The molecule has 0 N–H and O–H groups in total. The smallest absolute Gasteiger partial charge is 0.0172 e. The number of hydrogen-bond acceptors (Lipinski definition) is 0. The Morgan fingerprint density at radius 1 is 1.50 bits per heavy atom.